The Morgan fingerprint density at radius 2 is 1.65 bits per heavy atom. The van der Waals surface area contributed by atoms with E-state index >= 15 is 0 Å². The van der Waals surface area contributed by atoms with Crippen molar-refractivity contribution in [3.05, 3.63) is 5.69 Å². The van der Waals surface area contributed by atoms with Crippen molar-refractivity contribution < 1.29 is 5.11 Å². The van der Waals surface area contributed by atoms with Gasteiger partial charge in [0.15, 0.2) is 5.82 Å². The van der Waals surface area contributed by atoms with E-state index in [0.717, 1.165) is 24.2 Å². The lowest BCUT2D eigenvalue weighted by Crippen LogP contribution is -2.20. The Bertz CT molecular complexity index is 662. The molecule has 0 fully saturated rings. The Morgan fingerprint density at radius 1 is 0.957 bits per heavy atom. The maximum absolute atomic E-state index is 9.69. The number of aromatic nitrogens is 4. The fraction of sp³-hybridized carbons (Fsp3) is 0.600. The van der Waals surface area contributed by atoms with Crippen LogP contribution in [0.5, 0.6) is 0 Å². The van der Waals surface area contributed by atoms with Gasteiger partial charge in [-0.1, -0.05) is 13.8 Å². The number of aliphatic hydroxyl groups excluding tert-OH is 1. The van der Waals surface area contributed by atoms with Gasteiger partial charge in [0, 0.05) is 20.1 Å². The number of aryl methyl sites for hydroxylation is 1. The molecule has 2 aromatic heterocycles. The SMILES string of the molecule is CCNc1nc(NC)c2nc(NCC(O)CC)nc(CC)c2n1. The third kappa shape index (κ3) is 3.95. The average molecular weight is 319 g/mol. The zero-order valence-electron chi connectivity index (χ0n) is 14.1. The summed E-state index contributed by atoms with van der Waals surface area (Å²) < 4.78 is 0. The van der Waals surface area contributed by atoms with E-state index in [1.165, 1.54) is 0 Å². The topological polar surface area (TPSA) is 108 Å². The van der Waals surface area contributed by atoms with Crippen molar-refractivity contribution >= 4 is 28.7 Å². The number of nitrogens with zero attached hydrogens (tertiary/aromatic N) is 4. The first-order valence-electron chi connectivity index (χ1n) is 8.05. The standard InChI is InChI=1S/C15H25N7O/c1-5-9(23)8-18-15-19-10(6-2)11-12(21-15)13(16-4)22-14(20-11)17-7-3/h9,23H,5-8H2,1-4H3,(H,18,19,21)(H2,16,17,20,22). The Balaban J connectivity index is 2.48. The molecule has 0 saturated heterocycles. The van der Waals surface area contributed by atoms with Crippen LogP contribution in [0.2, 0.25) is 0 Å². The largest absolute Gasteiger partial charge is 0.391 e. The van der Waals surface area contributed by atoms with Crippen LogP contribution in [0.4, 0.5) is 17.7 Å². The molecule has 0 aliphatic carbocycles. The molecule has 0 saturated carbocycles. The first-order valence-corrected chi connectivity index (χ1v) is 8.05. The van der Waals surface area contributed by atoms with Gasteiger partial charge >= 0.3 is 0 Å². The van der Waals surface area contributed by atoms with Gasteiger partial charge < -0.3 is 21.1 Å². The predicted octanol–water partition coefficient (Wildman–Crippen LogP) is 1.64. The third-order valence-corrected chi connectivity index (χ3v) is 3.49. The van der Waals surface area contributed by atoms with Crippen molar-refractivity contribution in [3.63, 3.8) is 0 Å². The second kappa shape index (κ2) is 7.87. The molecule has 23 heavy (non-hydrogen) atoms. The minimum Gasteiger partial charge on any atom is -0.391 e. The van der Waals surface area contributed by atoms with Crippen LogP contribution in [-0.2, 0) is 6.42 Å². The van der Waals surface area contributed by atoms with E-state index < -0.39 is 6.10 Å². The second-order valence-corrected chi connectivity index (χ2v) is 5.16. The zero-order valence-corrected chi connectivity index (χ0v) is 14.1. The first kappa shape index (κ1) is 17.1. The highest BCUT2D eigenvalue weighted by molar-refractivity contribution is 5.88. The van der Waals surface area contributed by atoms with Crippen molar-refractivity contribution in [2.75, 3.05) is 36.1 Å². The minimum atomic E-state index is -0.421. The van der Waals surface area contributed by atoms with Crippen LogP contribution in [-0.4, -0.2) is 51.3 Å². The molecule has 2 rings (SSSR count). The van der Waals surface area contributed by atoms with Gasteiger partial charge in [0.2, 0.25) is 11.9 Å². The molecule has 4 N–H and O–H groups in total. The molecule has 0 spiro atoms. The highest BCUT2D eigenvalue weighted by atomic mass is 16.3. The molecule has 8 nitrogen and oxygen atoms in total. The summed E-state index contributed by atoms with van der Waals surface area (Å²) in [5.41, 5.74) is 2.26. The highest BCUT2D eigenvalue weighted by Gasteiger charge is 2.14. The van der Waals surface area contributed by atoms with Crippen LogP contribution in [0.3, 0.4) is 0 Å². The van der Waals surface area contributed by atoms with Gasteiger partial charge in [0.05, 0.1) is 11.8 Å². The Kier molecular flexibility index (Phi) is 5.86. The van der Waals surface area contributed by atoms with E-state index in [2.05, 4.69) is 35.9 Å². The first-order chi connectivity index (χ1) is 11.1. The molecule has 0 aliphatic rings. The number of fused-ring (bicyclic) bond motifs is 1. The van der Waals surface area contributed by atoms with Crippen LogP contribution in [0, 0.1) is 0 Å². The molecule has 1 unspecified atom stereocenters. The maximum Gasteiger partial charge on any atom is 0.225 e. The number of nitrogens with one attached hydrogen (secondary N) is 3. The summed E-state index contributed by atoms with van der Waals surface area (Å²) in [7, 11) is 1.80. The quantitative estimate of drug-likeness (QED) is 0.581. The van der Waals surface area contributed by atoms with Gasteiger partial charge in [-0.15, -0.1) is 0 Å². The second-order valence-electron chi connectivity index (χ2n) is 5.16. The summed E-state index contributed by atoms with van der Waals surface area (Å²) >= 11 is 0. The molecular weight excluding hydrogens is 294 g/mol. The van der Waals surface area contributed by atoms with Gasteiger partial charge in [-0.25, -0.2) is 15.0 Å². The highest BCUT2D eigenvalue weighted by Crippen LogP contribution is 2.24. The van der Waals surface area contributed by atoms with Crippen LogP contribution in [0.1, 0.15) is 32.9 Å². The summed E-state index contributed by atoms with van der Waals surface area (Å²) in [6, 6.07) is 0. The van der Waals surface area contributed by atoms with Crippen LogP contribution < -0.4 is 16.0 Å². The average Bonchev–Trinajstić information content (AvgIpc) is 2.58. The lowest BCUT2D eigenvalue weighted by molar-refractivity contribution is 0.183. The van der Waals surface area contributed by atoms with E-state index in [9.17, 15) is 5.11 Å². The molecular formula is C15H25N7O. The van der Waals surface area contributed by atoms with Crippen molar-refractivity contribution in [2.24, 2.45) is 0 Å². The molecule has 0 radical (unpaired) electrons. The van der Waals surface area contributed by atoms with Gasteiger partial charge in [-0.2, -0.15) is 4.98 Å². The number of hydrogen-bond donors (Lipinski definition) is 4. The number of rotatable bonds is 8. The monoisotopic (exact) mass is 319 g/mol. The Labute approximate surface area is 136 Å². The number of aliphatic hydroxyl groups is 1. The molecule has 0 aromatic carbocycles. The third-order valence-electron chi connectivity index (χ3n) is 3.49. The van der Waals surface area contributed by atoms with E-state index in [4.69, 9.17) is 0 Å². The fourth-order valence-corrected chi connectivity index (χ4v) is 2.16. The summed E-state index contributed by atoms with van der Waals surface area (Å²) in [5, 5.41) is 19.0. The van der Waals surface area contributed by atoms with Gasteiger partial charge in [-0.05, 0) is 19.8 Å². The van der Waals surface area contributed by atoms with Crippen molar-refractivity contribution in [3.8, 4) is 0 Å². The normalized spacial score (nSPS) is 12.2. The molecule has 0 bridgehead atoms. The van der Waals surface area contributed by atoms with Crippen molar-refractivity contribution in [1.82, 2.24) is 19.9 Å². The Morgan fingerprint density at radius 3 is 2.26 bits per heavy atom. The maximum atomic E-state index is 9.69. The molecule has 126 valence electrons. The summed E-state index contributed by atoms with van der Waals surface area (Å²) in [6.45, 7) is 7.11. The zero-order chi connectivity index (χ0) is 16.8. The molecule has 0 amide bonds. The molecule has 1 atom stereocenters. The minimum absolute atomic E-state index is 0.413. The van der Waals surface area contributed by atoms with E-state index in [-0.39, 0.29) is 0 Å². The lowest BCUT2D eigenvalue weighted by Gasteiger charge is -2.13. The van der Waals surface area contributed by atoms with Crippen molar-refractivity contribution in [1.29, 1.82) is 0 Å². The summed E-state index contributed by atoms with van der Waals surface area (Å²) in [6.07, 6.45) is 0.990. The van der Waals surface area contributed by atoms with E-state index in [0.29, 0.717) is 36.2 Å². The van der Waals surface area contributed by atoms with E-state index in [1.54, 1.807) is 7.05 Å². The van der Waals surface area contributed by atoms with Crippen LogP contribution >= 0.6 is 0 Å². The van der Waals surface area contributed by atoms with Crippen LogP contribution in [0.15, 0.2) is 0 Å². The van der Waals surface area contributed by atoms with Gasteiger partial charge in [-0.3, -0.25) is 0 Å². The van der Waals surface area contributed by atoms with E-state index in [1.807, 2.05) is 20.8 Å². The molecule has 0 aliphatic heterocycles. The smallest absolute Gasteiger partial charge is 0.225 e. The summed E-state index contributed by atoms with van der Waals surface area (Å²) in [4.78, 5) is 18.0. The fourth-order valence-electron chi connectivity index (χ4n) is 2.16. The molecule has 2 heterocycles. The van der Waals surface area contributed by atoms with Crippen LogP contribution in [0.25, 0.3) is 11.0 Å². The molecule has 8 heteroatoms. The summed E-state index contributed by atoms with van der Waals surface area (Å²) in [5.74, 6) is 1.70. The number of hydrogen-bond acceptors (Lipinski definition) is 8. The van der Waals surface area contributed by atoms with Crippen molar-refractivity contribution in [2.45, 2.75) is 39.7 Å². The predicted molar refractivity (Wildman–Crippen MR) is 93.0 cm³/mol. The van der Waals surface area contributed by atoms with Gasteiger partial charge in [0.1, 0.15) is 11.0 Å². The lowest BCUT2D eigenvalue weighted by atomic mass is 10.2. The molecule has 2 aromatic rings. The van der Waals surface area contributed by atoms with Gasteiger partial charge in [0.25, 0.3) is 0 Å². The number of anilines is 3. The Hall–Kier alpha value is -2.22.